The molecule has 2 heterocycles. The molecule has 0 bridgehead atoms. The molecule has 0 aromatic heterocycles. The summed E-state index contributed by atoms with van der Waals surface area (Å²) in [6.07, 6.45) is 2.10. The second-order valence-corrected chi connectivity index (χ2v) is 5.54. The van der Waals surface area contributed by atoms with Crippen LogP contribution in [0, 0.1) is 0 Å². The van der Waals surface area contributed by atoms with Gasteiger partial charge in [-0.2, -0.15) is 0 Å². The molecule has 2 saturated heterocycles. The smallest absolute Gasteiger partial charge is 0.104 e. The van der Waals surface area contributed by atoms with Gasteiger partial charge >= 0.3 is 0 Å². The van der Waals surface area contributed by atoms with Crippen LogP contribution in [0.3, 0.4) is 0 Å². The average molecular weight is 257 g/mol. The summed E-state index contributed by atoms with van der Waals surface area (Å²) in [5.41, 5.74) is 5.63. The quantitative estimate of drug-likeness (QED) is 0.736. The molecule has 2 fully saturated rings. The molecule has 2 N–H and O–H groups in total. The van der Waals surface area contributed by atoms with E-state index in [1.165, 1.54) is 0 Å². The van der Waals surface area contributed by atoms with Gasteiger partial charge in [0.25, 0.3) is 0 Å². The number of nitrogens with two attached hydrogens (primary N) is 1. The molecular weight excluding hydrogens is 230 g/mol. The van der Waals surface area contributed by atoms with Crippen molar-refractivity contribution in [2.75, 3.05) is 66.1 Å². The third-order valence-corrected chi connectivity index (χ3v) is 4.07. The first-order valence-electron chi connectivity index (χ1n) is 7.07. The predicted octanol–water partition coefficient (Wildman–Crippen LogP) is -0.242. The molecule has 106 valence electrons. The first-order valence-corrected chi connectivity index (χ1v) is 7.07. The van der Waals surface area contributed by atoms with Gasteiger partial charge in [0, 0.05) is 45.9 Å². The Morgan fingerprint density at radius 1 is 1.28 bits per heavy atom. The van der Waals surface area contributed by atoms with E-state index in [4.69, 9.17) is 15.2 Å². The Morgan fingerprint density at radius 3 is 2.67 bits per heavy atom. The van der Waals surface area contributed by atoms with Gasteiger partial charge in [0.1, 0.15) is 5.60 Å². The second kappa shape index (κ2) is 6.82. The third-order valence-electron chi connectivity index (χ3n) is 4.07. The van der Waals surface area contributed by atoms with Crippen LogP contribution in [-0.2, 0) is 9.47 Å². The van der Waals surface area contributed by atoms with Crippen LogP contribution in [-0.4, -0.2) is 81.5 Å². The number of hydrogen-bond donors (Lipinski definition) is 1. The lowest BCUT2D eigenvalue weighted by atomic mass is 9.97. The highest BCUT2D eigenvalue weighted by atomic mass is 16.5. The molecule has 1 atom stereocenters. The number of rotatable bonds is 5. The summed E-state index contributed by atoms with van der Waals surface area (Å²) in [5.74, 6) is 0. The van der Waals surface area contributed by atoms with Crippen LogP contribution in [0.25, 0.3) is 0 Å². The summed E-state index contributed by atoms with van der Waals surface area (Å²) in [5, 5.41) is 0. The first-order chi connectivity index (χ1) is 8.74. The van der Waals surface area contributed by atoms with Crippen LogP contribution < -0.4 is 5.73 Å². The number of piperazine rings is 1. The lowest BCUT2D eigenvalue weighted by molar-refractivity contribution is -0.126. The van der Waals surface area contributed by atoms with Crippen molar-refractivity contribution < 1.29 is 9.47 Å². The highest BCUT2D eigenvalue weighted by Crippen LogP contribution is 2.22. The maximum Gasteiger partial charge on any atom is 0.104 e. The summed E-state index contributed by atoms with van der Waals surface area (Å²) in [6, 6.07) is 0. The molecule has 0 spiro atoms. The Kier molecular flexibility index (Phi) is 5.38. The molecule has 0 aliphatic carbocycles. The molecule has 0 radical (unpaired) electrons. The van der Waals surface area contributed by atoms with Crippen molar-refractivity contribution in [1.29, 1.82) is 0 Å². The minimum atomic E-state index is -0.217. The molecule has 5 heteroatoms. The van der Waals surface area contributed by atoms with Crippen LogP contribution in [0.1, 0.15) is 12.8 Å². The Hall–Kier alpha value is -0.200. The highest BCUT2D eigenvalue weighted by molar-refractivity contribution is 4.84. The van der Waals surface area contributed by atoms with Gasteiger partial charge in [-0.1, -0.05) is 0 Å². The van der Waals surface area contributed by atoms with Gasteiger partial charge in [0.2, 0.25) is 0 Å². The number of hydrogen-bond acceptors (Lipinski definition) is 5. The minimum absolute atomic E-state index is 0.217. The summed E-state index contributed by atoms with van der Waals surface area (Å²) < 4.78 is 11.6. The zero-order valence-corrected chi connectivity index (χ0v) is 11.6. The van der Waals surface area contributed by atoms with Crippen molar-refractivity contribution in [3.05, 3.63) is 0 Å². The minimum Gasteiger partial charge on any atom is -0.378 e. The van der Waals surface area contributed by atoms with Gasteiger partial charge in [-0.15, -0.1) is 0 Å². The number of likely N-dealkylation sites (N-methyl/N-ethyl adjacent to an activating group) is 1. The zero-order chi connectivity index (χ0) is 12.8. The molecule has 2 aliphatic rings. The van der Waals surface area contributed by atoms with E-state index < -0.39 is 0 Å². The van der Waals surface area contributed by atoms with Crippen LogP contribution >= 0.6 is 0 Å². The van der Waals surface area contributed by atoms with E-state index in [9.17, 15) is 0 Å². The maximum absolute atomic E-state index is 6.04. The van der Waals surface area contributed by atoms with Gasteiger partial charge in [-0.25, -0.2) is 0 Å². The maximum atomic E-state index is 6.04. The molecule has 0 aromatic rings. The van der Waals surface area contributed by atoms with Crippen LogP contribution in [0.4, 0.5) is 0 Å². The van der Waals surface area contributed by atoms with E-state index in [1.807, 2.05) is 0 Å². The lowest BCUT2D eigenvalue weighted by Crippen LogP contribution is -2.50. The molecule has 1 unspecified atom stereocenters. The van der Waals surface area contributed by atoms with E-state index in [1.54, 1.807) is 0 Å². The summed E-state index contributed by atoms with van der Waals surface area (Å²) in [4.78, 5) is 4.83. The molecule has 2 aliphatic heterocycles. The monoisotopic (exact) mass is 257 g/mol. The van der Waals surface area contributed by atoms with E-state index in [0.717, 1.165) is 58.8 Å². The summed E-state index contributed by atoms with van der Waals surface area (Å²) >= 11 is 0. The van der Waals surface area contributed by atoms with Crippen molar-refractivity contribution in [2.24, 2.45) is 5.73 Å². The molecule has 0 amide bonds. The Labute approximate surface area is 110 Å². The Balaban J connectivity index is 1.67. The fraction of sp³-hybridized carbons (Fsp3) is 1.00. The Bertz CT molecular complexity index is 236. The van der Waals surface area contributed by atoms with Gasteiger partial charge < -0.3 is 20.1 Å². The van der Waals surface area contributed by atoms with Gasteiger partial charge in [0.05, 0.1) is 13.2 Å². The van der Waals surface area contributed by atoms with Crippen molar-refractivity contribution in [3.8, 4) is 0 Å². The van der Waals surface area contributed by atoms with Gasteiger partial charge in [-0.3, -0.25) is 4.90 Å². The summed E-state index contributed by atoms with van der Waals surface area (Å²) in [6.45, 7) is 8.46. The van der Waals surface area contributed by atoms with E-state index in [-0.39, 0.29) is 5.60 Å². The Morgan fingerprint density at radius 2 is 2.06 bits per heavy atom. The number of ether oxygens (including phenoxy) is 2. The molecule has 0 saturated carbocycles. The van der Waals surface area contributed by atoms with E-state index >= 15 is 0 Å². The van der Waals surface area contributed by atoms with Crippen molar-refractivity contribution >= 4 is 0 Å². The van der Waals surface area contributed by atoms with Gasteiger partial charge in [0.15, 0.2) is 0 Å². The molecule has 5 nitrogen and oxygen atoms in total. The van der Waals surface area contributed by atoms with Crippen LogP contribution in [0.2, 0.25) is 0 Å². The standard InChI is InChI=1S/C13H27N3O2/c1-15-4-6-16(7-5-15)8-10-18-13(11-14)3-2-9-17-12-13/h2-12,14H2,1H3. The predicted molar refractivity (Wildman–Crippen MR) is 71.7 cm³/mol. The molecule has 0 aromatic carbocycles. The summed E-state index contributed by atoms with van der Waals surface area (Å²) in [7, 11) is 2.18. The number of nitrogens with zero attached hydrogens (tertiary/aromatic N) is 2. The highest BCUT2D eigenvalue weighted by Gasteiger charge is 2.32. The van der Waals surface area contributed by atoms with E-state index in [0.29, 0.717) is 13.2 Å². The fourth-order valence-electron chi connectivity index (χ4n) is 2.62. The lowest BCUT2D eigenvalue weighted by Gasteiger charge is -2.37. The molecular formula is C13H27N3O2. The topological polar surface area (TPSA) is 51.0 Å². The SMILES string of the molecule is CN1CCN(CCOC2(CN)CCCOC2)CC1. The first kappa shape index (κ1) is 14.2. The third kappa shape index (κ3) is 3.90. The van der Waals surface area contributed by atoms with Crippen molar-refractivity contribution in [2.45, 2.75) is 18.4 Å². The van der Waals surface area contributed by atoms with Gasteiger partial charge in [-0.05, 0) is 19.9 Å². The fourth-order valence-corrected chi connectivity index (χ4v) is 2.62. The zero-order valence-electron chi connectivity index (χ0n) is 11.6. The molecule has 18 heavy (non-hydrogen) atoms. The van der Waals surface area contributed by atoms with Crippen molar-refractivity contribution in [1.82, 2.24) is 9.80 Å². The second-order valence-electron chi connectivity index (χ2n) is 5.54. The largest absolute Gasteiger partial charge is 0.378 e. The van der Waals surface area contributed by atoms with Crippen LogP contribution in [0.15, 0.2) is 0 Å². The average Bonchev–Trinajstić information content (AvgIpc) is 2.42. The van der Waals surface area contributed by atoms with Crippen LogP contribution in [0.5, 0.6) is 0 Å². The van der Waals surface area contributed by atoms with E-state index in [2.05, 4.69) is 16.8 Å². The normalized spacial score (nSPS) is 31.7. The van der Waals surface area contributed by atoms with Crippen molar-refractivity contribution in [3.63, 3.8) is 0 Å². The molecule has 2 rings (SSSR count).